The quantitative estimate of drug-likeness (QED) is 0.621. The molecule has 0 N–H and O–H groups in total. The first-order valence-corrected chi connectivity index (χ1v) is 9.44. The van der Waals surface area contributed by atoms with E-state index in [9.17, 15) is 0 Å². The summed E-state index contributed by atoms with van der Waals surface area (Å²) in [5, 5.41) is 1.14. The molecule has 1 aliphatic carbocycles. The molecule has 2 aromatic heterocycles. The third-order valence-corrected chi connectivity index (χ3v) is 6.04. The van der Waals surface area contributed by atoms with Crippen LogP contribution in [0, 0.1) is 5.92 Å². The summed E-state index contributed by atoms with van der Waals surface area (Å²) in [4.78, 5) is 11.4. The second-order valence-electron chi connectivity index (χ2n) is 6.13. The maximum Gasteiger partial charge on any atom is 0.225 e. The van der Waals surface area contributed by atoms with E-state index in [1.807, 2.05) is 12.1 Å². The average molecular weight is 389 g/mol. The summed E-state index contributed by atoms with van der Waals surface area (Å²) in [6.07, 6.45) is 5.12. The van der Waals surface area contributed by atoms with Gasteiger partial charge in [0.25, 0.3) is 0 Å². The van der Waals surface area contributed by atoms with Crippen LogP contribution < -0.4 is 4.74 Å². The van der Waals surface area contributed by atoms with Gasteiger partial charge in [0.1, 0.15) is 17.8 Å². The van der Waals surface area contributed by atoms with Gasteiger partial charge in [-0.1, -0.05) is 35.0 Å². The van der Waals surface area contributed by atoms with Crippen LogP contribution in [0.1, 0.15) is 29.3 Å². The second kappa shape index (κ2) is 6.21. The van der Waals surface area contributed by atoms with Gasteiger partial charge in [-0.3, -0.25) is 0 Å². The topological polar surface area (TPSA) is 35.0 Å². The van der Waals surface area contributed by atoms with E-state index in [1.165, 1.54) is 16.9 Å². The van der Waals surface area contributed by atoms with Gasteiger partial charge in [0, 0.05) is 9.35 Å². The lowest BCUT2D eigenvalue weighted by Crippen LogP contribution is -2.09. The molecule has 1 aromatic carbocycles. The zero-order chi connectivity index (χ0) is 15.8. The van der Waals surface area contributed by atoms with Crippen LogP contribution in [-0.2, 0) is 19.4 Å². The minimum absolute atomic E-state index is 0.528. The molecule has 1 atom stereocenters. The van der Waals surface area contributed by atoms with Gasteiger partial charge in [-0.05, 0) is 48.4 Å². The molecule has 0 fully saturated rings. The molecule has 0 saturated carbocycles. The zero-order valence-corrected chi connectivity index (χ0v) is 15.3. The fraction of sp³-hybridized carbons (Fsp3) is 0.333. The van der Waals surface area contributed by atoms with Crippen LogP contribution in [0.3, 0.4) is 0 Å². The van der Waals surface area contributed by atoms with Gasteiger partial charge in [0.2, 0.25) is 5.88 Å². The van der Waals surface area contributed by atoms with Crippen molar-refractivity contribution in [1.29, 1.82) is 0 Å². The fourth-order valence-electron chi connectivity index (χ4n) is 3.09. The molecule has 1 aliphatic rings. The third-order valence-electron chi connectivity index (χ3n) is 4.35. The number of halogens is 1. The van der Waals surface area contributed by atoms with Gasteiger partial charge in [-0.2, -0.15) is 0 Å². The predicted octanol–water partition coefficient (Wildman–Crippen LogP) is 5.16. The lowest BCUT2D eigenvalue weighted by Gasteiger charge is -2.18. The normalized spacial score (nSPS) is 17.2. The molecule has 0 amide bonds. The highest BCUT2D eigenvalue weighted by Gasteiger charge is 2.23. The van der Waals surface area contributed by atoms with Crippen molar-refractivity contribution in [3.8, 4) is 5.88 Å². The molecule has 3 aromatic rings. The van der Waals surface area contributed by atoms with Crippen molar-refractivity contribution < 1.29 is 4.74 Å². The van der Waals surface area contributed by atoms with Crippen LogP contribution in [0.4, 0.5) is 0 Å². The van der Waals surface area contributed by atoms with E-state index in [0.717, 1.165) is 44.9 Å². The molecule has 1 unspecified atom stereocenters. The summed E-state index contributed by atoms with van der Waals surface area (Å²) in [6.45, 7) is 2.85. The minimum Gasteiger partial charge on any atom is -0.472 e. The average Bonchev–Trinajstić information content (AvgIpc) is 2.92. The van der Waals surface area contributed by atoms with Crippen molar-refractivity contribution in [2.45, 2.75) is 32.8 Å². The molecule has 5 heteroatoms. The molecule has 3 nitrogen and oxygen atoms in total. The minimum atomic E-state index is 0.528. The molecule has 4 rings (SSSR count). The monoisotopic (exact) mass is 388 g/mol. The lowest BCUT2D eigenvalue weighted by atomic mass is 9.89. The number of aryl methyl sites for hydroxylation is 1. The molecule has 0 radical (unpaired) electrons. The Morgan fingerprint density at radius 2 is 2.09 bits per heavy atom. The molecule has 0 aliphatic heterocycles. The van der Waals surface area contributed by atoms with Crippen molar-refractivity contribution in [3.05, 3.63) is 51.1 Å². The van der Waals surface area contributed by atoms with E-state index in [2.05, 4.69) is 45.0 Å². The summed E-state index contributed by atoms with van der Waals surface area (Å²) in [6, 6.07) is 8.19. The number of thiophene rings is 1. The number of aromatic nitrogens is 2. The molecule has 2 heterocycles. The predicted molar refractivity (Wildman–Crippen MR) is 97.1 cm³/mol. The standard InChI is InChI=1S/C18H17BrN2OS/c1-11-2-7-14-15(8-11)23-18-16(14)17(20-10-21-18)22-9-12-3-5-13(19)6-4-12/h3-6,10-11H,2,7-9H2,1H3. The van der Waals surface area contributed by atoms with Crippen LogP contribution in [0.25, 0.3) is 10.2 Å². The fourth-order valence-corrected chi connectivity index (χ4v) is 4.69. The largest absolute Gasteiger partial charge is 0.472 e. The summed E-state index contributed by atoms with van der Waals surface area (Å²) in [7, 11) is 0. The van der Waals surface area contributed by atoms with E-state index >= 15 is 0 Å². The Balaban J connectivity index is 1.66. The highest BCUT2D eigenvalue weighted by Crippen LogP contribution is 2.40. The Morgan fingerprint density at radius 3 is 2.91 bits per heavy atom. The van der Waals surface area contributed by atoms with Crippen LogP contribution in [0.15, 0.2) is 35.1 Å². The van der Waals surface area contributed by atoms with Crippen LogP contribution in [0.2, 0.25) is 0 Å². The Bertz CT molecular complexity index is 844. The van der Waals surface area contributed by atoms with Crippen molar-refractivity contribution in [3.63, 3.8) is 0 Å². The Kier molecular flexibility index (Phi) is 4.07. The summed E-state index contributed by atoms with van der Waals surface area (Å²) in [5.74, 6) is 1.49. The smallest absolute Gasteiger partial charge is 0.225 e. The van der Waals surface area contributed by atoms with Gasteiger partial charge >= 0.3 is 0 Å². The first kappa shape index (κ1) is 15.1. The van der Waals surface area contributed by atoms with E-state index in [-0.39, 0.29) is 0 Å². The molecular weight excluding hydrogens is 372 g/mol. The van der Waals surface area contributed by atoms with E-state index in [0.29, 0.717) is 6.61 Å². The van der Waals surface area contributed by atoms with Gasteiger partial charge < -0.3 is 4.74 Å². The van der Waals surface area contributed by atoms with Crippen molar-refractivity contribution in [1.82, 2.24) is 9.97 Å². The van der Waals surface area contributed by atoms with Crippen LogP contribution >= 0.6 is 27.3 Å². The number of nitrogens with zero attached hydrogens (tertiary/aromatic N) is 2. The second-order valence-corrected chi connectivity index (χ2v) is 8.13. The summed E-state index contributed by atoms with van der Waals surface area (Å²) >= 11 is 5.26. The highest BCUT2D eigenvalue weighted by molar-refractivity contribution is 9.10. The lowest BCUT2D eigenvalue weighted by molar-refractivity contribution is 0.297. The number of benzene rings is 1. The molecular formula is C18H17BrN2OS. The SMILES string of the molecule is CC1CCc2c(sc3ncnc(OCc4ccc(Br)cc4)c23)C1. The maximum atomic E-state index is 6.04. The number of ether oxygens (including phenoxy) is 1. The third kappa shape index (κ3) is 3.00. The highest BCUT2D eigenvalue weighted by atomic mass is 79.9. The molecule has 0 saturated heterocycles. The van der Waals surface area contributed by atoms with Crippen molar-refractivity contribution >= 4 is 37.5 Å². The maximum absolute atomic E-state index is 6.04. The zero-order valence-electron chi connectivity index (χ0n) is 12.9. The molecule has 0 bridgehead atoms. The number of fused-ring (bicyclic) bond motifs is 3. The van der Waals surface area contributed by atoms with Crippen molar-refractivity contribution in [2.75, 3.05) is 0 Å². The number of rotatable bonds is 3. The van der Waals surface area contributed by atoms with Gasteiger partial charge in [0.15, 0.2) is 0 Å². The molecule has 23 heavy (non-hydrogen) atoms. The first-order valence-electron chi connectivity index (χ1n) is 7.83. The summed E-state index contributed by atoms with van der Waals surface area (Å²) < 4.78 is 7.11. The van der Waals surface area contributed by atoms with E-state index in [1.54, 1.807) is 17.7 Å². The Morgan fingerprint density at radius 1 is 1.26 bits per heavy atom. The molecule has 0 spiro atoms. The van der Waals surface area contributed by atoms with E-state index < -0.39 is 0 Å². The van der Waals surface area contributed by atoms with Crippen LogP contribution in [-0.4, -0.2) is 9.97 Å². The van der Waals surface area contributed by atoms with Gasteiger partial charge in [0.05, 0.1) is 5.39 Å². The van der Waals surface area contributed by atoms with Crippen LogP contribution in [0.5, 0.6) is 5.88 Å². The number of hydrogen-bond donors (Lipinski definition) is 0. The molecule has 118 valence electrons. The number of hydrogen-bond acceptors (Lipinski definition) is 4. The van der Waals surface area contributed by atoms with Gasteiger partial charge in [-0.15, -0.1) is 11.3 Å². The van der Waals surface area contributed by atoms with E-state index in [4.69, 9.17) is 4.74 Å². The van der Waals surface area contributed by atoms with Crippen molar-refractivity contribution in [2.24, 2.45) is 5.92 Å². The Labute approximate surface area is 147 Å². The summed E-state index contributed by atoms with van der Waals surface area (Å²) in [5.41, 5.74) is 2.55. The van der Waals surface area contributed by atoms with Gasteiger partial charge in [-0.25, -0.2) is 9.97 Å². The Hall–Kier alpha value is -1.46. The first-order chi connectivity index (χ1) is 11.2.